The summed E-state index contributed by atoms with van der Waals surface area (Å²) in [5.74, 6) is -3.77. The first-order chi connectivity index (χ1) is 16.6. The normalized spacial score (nSPS) is 12.2. The van der Waals surface area contributed by atoms with Crippen molar-refractivity contribution in [3.8, 4) is 5.75 Å². The van der Waals surface area contributed by atoms with Crippen molar-refractivity contribution < 1.29 is 32.2 Å². The van der Waals surface area contributed by atoms with E-state index in [1.165, 1.54) is 0 Å². The number of esters is 2. The maximum atomic E-state index is 12.5. The van der Waals surface area contributed by atoms with Crippen molar-refractivity contribution in [2.24, 2.45) is 16.5 Å². The molecular formula is C24H25F3N4O4. The minimum Gasteiger partial charge on any atom is -0.494 e. The molecule has 0 saturated heterocycles. The Morgan fingerprint density at radius 3 is 2.49 bits per heavy atom. The monoisotopic (exact) mass is 490 g/mol. The van der Waals surface area contributed by atoms with Crippen molar-refractivity contribution in [3.05, 3.63) is 65.9 Å². The van der Waals surface area contributed by atoms with Gasteiger partial charge in [0.25, 0.3) is 0 Å². The Morgan fingerprint density at radius 1 is 1.06 bits per heavy atom. The first-order valence-corrected chi connectivity index (χ1v) is 10.8. The third kappa shape index (κ3) is 7.23. The van der Waals surface area contributed by atoms with E-state index in [0.29, 0.717) is 30.0 Å². The van der Waals surface area contributed by atoms with Crippen LogP contribution >= 0.6 is 0 Å². The van der Waals surface area contributed by atoms with Crippen molar-refractivity contribution in [1.29, 1.82) is 0 Å². The van der Waals surface area contributed by atoms with E-state index in [1.807, 2.05) is 0 Å². The first kappa shape index (κ1) is 25.6. The summed E-state index contributed by atoms with van der Waals surface area (Å²) in [6.07, 6.45) is -2.51. The van der Waals surface area contributed by atoms with E-state index in [4.69, 9.17) is 16.2 Å². The second-order valence-electron chi connectivity index (χ2n) is 7.74. The quantitative estimate of drug-likeness (QED) is 0.130. The molecule has 186 valence electrons. The highest BCUT2D eigenvalue weighted by Gasteiger charge is 2.42. The van der Waals surface area contributed by atoms with Crippen LogP contribution in [0.3, 0.4) is 0 Å². The molecule has 0 bridgehead atoms. The Morgan fingerprint density at radius 2 is 1.80 bits per heavy atom. The lowest BCUT2D eigenvalue weighted by Crippen LogP contribution is -2.28. The maximum Gasteiger partial charge on any atom is 0.491 e. The minimum atomic E-state index is -5.25. The number of halogens is 3. The van der Waals surface area contributed by atoms with E-state index in [9.17, 15) is 22.8 Å². The number of H-pyrrole nitrogens is 1. The molecule has 0 saturated carbocycles. The molecule has 0 fully saturated rings. The number of fused-ring (bicyclic) bond motifs is 1. The highest BCUT2D eigenvalue weighted by atomic mass is 19.4. The molecule has 35 heavy (non-hydrogen) atoms. The lowest BCUT2D eigenvalue weighted by atomic mass is 9.88. The van der Waals surface area contributed by atoms with Crippen LogP contribution in [0.1, 0.15) is 36.3 Å². The second kappa shape index (κ2) is 11.4. The van der Waals surface area contributed by atoms with Gasteiger partial charge in [-0.3, -0.25) is 9.79 Å². The fourth-order valence-corrected chi connectivity index (χ4v) is 3.58. The fraction of sp³-hybridized carbons (Fsp3) is 0.292. The van der Waals surface area contributed by atoms with Gasteiger partial charge in [0.15, 0.2) is 5.96 Å². The van der Waals surface area contributed by atoms with Gasteiger partial charge in [-0.1, -0.05) is 30.3 Å². The summed E-state index contributed by atoms with van der Waals surface area (Å²) in [5.41, 5.74) is 12.6. The Kier molecular flexibility index (Phi) is 8.34. The van der Waals surface area contributed by atoms with Gasteiger partial charge >= 0.3 is 18.1 Å². The molecule has 1 aromatic heterocycles. The Balaban J connectivity index is 1.75. The smallest absolute Gasteiger partial charge is 0.491 e. The predicted octanol–water partition coefficient (Wildman–Crippen LogP) is 3.75. The fourth-order valence-electron chi connectivity index (χ4n) is 3.58. The lowest BCUT2D eigenvalue weighted by Gasteiger charge is -2.17. The van der Waals surface area contributed by atoms with Gasteiger partial charge in [0.2, 0.25) is 0 Å². The molecule has 0 amide bonds. The number of nitrogens with zero attached hydrogens (tertiary/aromatic N) is 1. The molecule has 0 spiro atoms. The molecule has 0 radical (unpaired) electrons. The number of hydrogen-bond donors (Lipinski definition) is 3. The van der Waals surface area contributed by atoms with Gasteiger partial charge in [0.05, 0.1) is 13.0 Å². The largest absolute Gasteiger partial charge is 0.494 e. The highest BCUT2D eigenvalue weighted by Crippen LogP contribution is 2.35. The van der Waals surface area contributed by atoms with E-state index in [0.717, 1.165) is 23.7 Å². The van der Waals surface area contributed by atoms with Crippen molar-refractivity contribution in [2.45, 2.75) is 31.4 Å². The van der Waals surface area contributed by atoms with Crippen LogP contribution in [-0.4, -0.2) is 42.2 Å². The highest BCUT2D eigenvalue weighted by molar-refractivity contribution is 5.90. The average molecular weight is 490 g/mol. The number of carbonyl (C=O) groups is 2. The van der Waals surface area contributed by atoms with Crippen LogP contribution < -0.4 is 16.2 Å². The Labute approximate surface area is 199 Å². The average Bonchev–Trinajstić information content (AvgIpc) is 3.22. The molecule has 0 aliphatic rings. The van der Waals surface area contributed by atoms with E-state index in [-0.39, 0.29) is 5.96 Å². The summed E-state index contributed by atoms with van der Waals surface area (Å²) in [6.45, 7) is 0.980. The van der Waals surface area contributed by atoms with Gasteiger partial charge in [-0.25, -0.2) is 4.79 Å². The zero-order valence-electron chi connectivity index (χ0n) is 18.7. The minimum absolute atomic E-state index is 0.0490. The number of unbranched alkanes of at least 4 members (excludes halogenated alkanes) is 1. The van der Waals surface area contributed by atoms with Crippen LogP contribution in [0.25, 0.3) is 10.9 Å². The second-order valence-corrected chi connectivity index (χ2v) is 7.74. The van der Waals surface area contributed by atoms with Gasteiger partial charge in [-0.15, -0.1) is 0 Å². The van der Waals surface area contributed by atoms with Crippen LogP contribution in [0.5, 0.6) is 5.75 Å². The molecule has 1 heterocycles. The van der Waals surface area contributed by atoms with Gasteiger partial charge in [0.1, 0.15) is 5.75 Å². The number of guanidine groups is 1. The molecule has 5 N–H and O–H groups in total. The Hall–Kier alpha value is -4.02. The summed E-state index contributed by atoms with van der Waals surface area (Å²) >= 11 is 0. The van der Waals surface area contributed by atoms with Crippen LogP contribution in [0.15, 0.2) is 59.7 Å². The van der Waals surface area contributed by atoms with E-state index >= 15 is 0 Å². The van der Waals surface area contributed by atoms with Crippen LogP contribution in [0.2, 0.25) is 0 Å². The van der Waals surface area contributed by atoms with Gasteiger partial charge < -0.3 is 25.9 Å². The number of rotatable bonds is 10. The van der Waals surface area contributed by atoms with E-state index < -0.39 is 30.5 Å². The standard InChI is InChI=1S/C24H25F3N4O4/c25-24(26,27)22(33)35-21(32)13-18(15-6-2-1-3-7-15)19-14-31-20-12-16(8-9-17(19)20)34-11-5-4-10-30-23(28)29/h1-3,6-9,12,14,18,31H,4-5,10-11,13H2,(H4,28,29,30). The van der Waals surface area contributed by atoms with E-state index in [1.54, 1.807) is 54.7 Å². The zero-order chi connectivity index (χ0) is 25.4. The summed E-state index contributed by atoms with van der Waals surface area (Å²) in [7, 11) is 0. The first-order valence-electron chi connectivity index (χ1n) is 10.8. The third-order valence-corrected chi connectivity index (χ3v) is 5.19. The number of ether oxygens (including phenoxy) is 2. The maximum absolute atomic E-state index is 12.5. The molecule has 0 aliphatic carbocycles. The number of aliphatic imine (C=N–C) groups is 1. The van der Waals surface area contributed by atoms with Crippen LogP contribution in [-0.2, 0) is 14.3 Å². The third-order valence-electron chi connectivity index (χ3n) is 5.19. The SMILES string of the molecule is NC(N)=NCCCCOc1ccc2c(C(CC(=O)OC(=O)C(F)(F)F)c3ccccc3)c[nH]c2c1. The van der Waals surface area contributed by atoms with Crippen LogP contribution in [0.4, 0.5) is 13.2 Å². The van der Waals surface area contributed by atoms with Crippen molar-refractivity contribution in [3.63, 3.8) is 0 Å². The number of aromatic nitrogens is 1. The number of nitrogens with two attached hydrogens (primary N) is 2. The molecule has 2 aromatic carbocycles. The van der Waals surface area contributed by atoms with Gasteiger partial charge in [0, 0.05) is 35.6 Å². The molecule has 8 nitrogen and oxygen atoms in total. The summed E-state index contributed by atoms with van der Waals surface area (Å²) in [4.78, 5) is 30.3. The number of benzene rings is 2. The zero-order valence-corrected chi connectivity index (χ0v) is 18.7. The van der Waals surface area contributed by atoms with Crippen molar-refractivity contribution in [1.82, 2.24) is 4.98 Å². The lowest BCUT2D eigenvalue weighted by molar-refractivity contribution is -0.201. The molecule has 0 aliphatic heterocycles. The number of alkyl halides is 3. The number of carbonyl (C=O) groups excluding carboxylic acids is 2. The summed E-state index contributed by atoms with van der Waals surface area (Å²) in [5, 5.41) is 0.758. The van der Waals surface area contributed by atoms with Gasteiger partial charge in [-0.05, 0) is 36.1 Å². The number of nitrogens with one attached hydrogen (secondary N) is 1. The van der Waals surface area contributed by atoms with Crippen LogP contribution in [0, 0.1) is 0 Å². The molecular weight excluding hydrogens is 465 g/mol. The summed E-state index contributed by atoms with van der Waals surface area (Å²) in [6, 6.07) is 14.2. The molecule has 11 heteroatoms. The van der Waals surface area contributed by atoms with Crippen molar-refractivity contribution >= 4 is 28.8 Å². The predicted molar refractivity (Wildman–Crippen MR) is 124 cm³/mol. The number of aromatic amines is 1. The van der Waals surface area contributed by atoms with Gasteiger partial charge in [-0.2, -0.15) is 13.2 Å². The molecule has 3 rings (SSSR count). The van der Waals surface area contributed by atoms with Crippen molar-refractivity contribution in [2.75, 3.05) is 13.2 Å². The molecule has 1 atom stereocenters. The Bertz CT molecular complexity index is 1190. The number of hydrogen-bond acceptors (Lipinski definition) is 5. The topological polar surface area (TPSA) is 133 Å². The van der Waals surface area contributed by atoms with E-state index in [2.05, 4.69) is 14.7 Å². The summed E-state index contributed by atoms with van der Waals surface area (Å²) < 4.78 is 47.3. The molecule has 1 unspecified atom stereocenters. The molecule has 3 aromatic rings.